The monoisotopic (exact) mass is 437 g/mol. The molecule has 6 heteroatoms. The van der Waals surface area contributed by atoms with E-state index in [1.807, 2.05) is 12.3 Å². The third kappa shape index (κ3) is 6.84. The fourth-order valence-electron chi connectivity index (χ4n) is 3.51. The van der Waals surface area contributed by atoms with Crippen LogP contribution in [0.4, 0.5) is 5.82 Å². The van der Waals surface area contributed by atoms with Crippen LogP contribution in [0.5, 0.6) is 5.75 Å². The van der Waals surface area contributed by atoms with Gasteiger partial charge in [0.05, 0.1) is 6.61 Å². The van der Waals surface area contributed by atoms with E-state index in [0.29, 0.717) is 6.42 Å². The number of allylic oxidation sites excluding steroid dienone is 2. The number of rotatable bonds is 11. The van der Waals surface area contributed by atoms with E-state index in [1.165, 1.54) is 24.0 Å². The van der Waals surface area contributed by atoms with Gasteiger partial charge < -0.3 is 10.1 Å². The summed E-state index contributed by atoms with van der Waals surface area (Å²) in [6.07, 6.45) is 12.1. The van der Waals surface area contributed by atoms with Crippen molar-refractivity contribution in [2.75, 3.05) is 17.7 Å². The van der Waals surface area contributed by atoms with E-state index in [-0.39, 0.29) is 11.9 Å². The molecule has 0 spiro atoms. The summed E-state index contributed by atoms with van der Waals surface area (Å²) >= 11 is 1.76. The first-order chi connectivity index (χ1) is 15.2. The van der Waals surface area contributed by atoms with Crippen LogP contribution in [-0.2, 0) is 17.6 Å². The van der Waals surface area contributed by atoms with Crippen LogP contribution in [0.3, 0.4) is 0 Å². The van der Waals surface area contributed by atoms with Gasteiger partial charge >= 0.3 is 0 Å². The number of carbonyl (C=O) groups is 1. The van der Waals surface area contributed by atoms with Crippen LogP contribution in [0.2, 0.25) is 0 Å². The summed E-state index contributed by atoms with van der Waals surface area (Å²) in [7, 11) is 0. The molecule has 1 aliphatic carbocycles. The molecule has 0 saturated heterocycles. The van der Waals surface area contributed by atoms with Gasteiger partial charge in [-0.05, 0) is 73.8 Å². The van der Waals surface area contributed by atoms with Crippen LogP contribution < -0.4 is 14.8 Å². The van der Waals surface area contributed by atoms with Gasteiger partial charge in [0.1, 0.15) is 11.6 Å². The van der Waals surface area contributed by atoms with Crippen molar-refractivity contribution in [2.45, 2.75) is 51.5 Å². The number of fused-ring (bicyclic) bond motifs is 1. The van der Waals surface area contributed by atoms with E-state index >= 15 is 0 Å². The SMILES string of the molecule is C[C@@H](NSCC/C=C/Cc1cnc2c(c1)CCC(=O)N2)c1cccc(OCC2CC2)c1. The van der Waals surface area contributed by atoms with Crippen LogP contribution in [0, 0.1) is 5.92 Å². The molecule has 1 fully saturated rings. The predicted molar refractivity (Wildman–Crippen MR) is 127 cm³/mol. The summed E-state index contributed by atoms with van der Waals surface area (Å²) in [5.74, 6) is 3.55. The number of hydrogen-bond acceptors (Lipinski definition) is 5. The van der Waals surface area contributed by atoms with Gasteiger partial charge in [0.15, 0.2) is 0 Å². The number of aromatic nitrogens is 1. The van der Waals surface area contributed by atoms with E-state index < -0.39 is 0 Å². The first kappa shape index (κ1) is 21.9. The Balaban J connectivity index is 1.14. The van der Waals surface area contributed by atoms with Crippen molar-refractivity contribution in [1.82, 2.24) is 9.71 Å². The van der Waals surface area contributed by atoms with E-state index in [4.69, 9.17) is 4.74 Å². The van der Waals surface area contributed by atoms with Crippen molar-refractivity contribution < 1.29 is 9.53 Å². The number of anilines is 1. The van der Waals surface area contributed by atoms with Crippen molar-refractivity contribution in [3.63, 3.8) is 0 Å². The number of ether oxygens (including phenoxy) is 1. The lowest BCUT2D eigenvalue weighted by molar-refractivity contribution is -0.116. The van der Waals surface area contributed by atoms with Crippen molar-refractivity contribution >= 4 is 23.7 Å². The zero-order valence-corrected chi connectivity index (χ0v) is 18.9. The summed E-state index contributed by atoms with van der Waals surface area (Å²) in [6, 6.07) is 10.9. The molecule has 1 saturated carbocycles. The first-order valence-electron chi connectivity index (χ1n) is 11.2. The number of hydrogen-bond donors (Lipinski definition) is 2. The number of benzene rings is 1. The standard InChI is InChI=1S/C25H31N3O2S/c1-18(21-7-5-8-23(15-21)30-17-19-9-10-19)28-31-13-4-2-3-6-20-14-22-11-12-24(29)27-25(22)26-16-20/h2-3,5,7-8,14-16,18-19,28H,4,6,9-13,17H2,1H3,(H,26,27,29)/b3-2+/t18-/m1/s1. The summed E-state index contributed by atoms with van der Waals surface area (Å²) in [5.41, 5.74) is 3.59. The Kier molecular flexibility index (Phi) is 7.65. The molecule has 4 rings (SSSR count). The second-order valence-corrected chi connectivity index (χ2v) is 9.31. The maximum atomic E-state index is 11.4. The molecule has 1 aliphatic heterocycles. The van der Waals surface area contributed by atoms with Gasteiger partial charge in [0.25, 0.3) is 0 Å². The van der Waals surface area contributed by atoms with Crippen molar-refractivity contribution in [3.8, 4) is 5.75 Å². The third-order valence-electron chi connectivity index (χ3n) is 5.61. The Morgan fingerprint density at radius 1 is 1.29 bits per heavy atom. The number of amides is 1. The number of aryl methyl sites for hydroxylation is 1. The average molecular weight is 438 g/mol. The highest BCUT2D eigenvalue weighted by Crippen LogP contribution is 2.30. The molecule has 1 aromatic carbocycles. The lowest BCUT2D eigenvalue weighted by Crippen LogP contribution is -2.20. The number of pyridine rings is 1. The Bertz CT molecular complexity index is 927. The van der Waals surface area contributed by atoms with Crippen LogP contribution in [0.1, 0.15) is 55.3 Å². The molecule has 2 aliphatic rings. The molecular formula is C25H31N3O2S. The van der Waals surface area contributed by atoms with Crippen LogP contribution in [0.15, 0.2) is 48.7 Å². The highest BCUT2D eigenvalue weighted by molar-refractivity contribution is 7.97. The van der Waals surface area contributed by atoms with Crippen LogP contribution >= 0.6 is 11.9 Å². The Labute approximate surface area is 189 Å². The van der Waals surface area contributed by atoms with E-state index in [9.17, 15) is 4.79 Å². The molecule has 0 unspecified atom stereocenters. The van der Waals surface area contributed by atoms with Gasteiger partial charge in [0, 0.05) is 24.4 Å². The minimum Gasteiger partial charge on any atom is -0.493 e. The highest BCUT2D eigenvalue weighted by atomic mass is 32.2. The minimum atomic E-state index is 0.0580. The summed E-state index contributed by atoms with van der Waals surface area (Å²) in [4.78, 5) is 15.8. The average Bonchev–Trinajstić information content (AvgIpc) is 3.62. The predicted octanol–water partition coefficient (Wildman–Crippen LogP) is 5.24. The number of nitrogens with one attached hydrogen (secondary N) is 2. The van der Waals surface area contributed by atoms with E-state index in [1.54, 1.807) is 11.9 Å². The minimum absolute atomic E-state index is 0.0580. The second kappa shape index (κ2) is 10.8. The van der Waals surface area contributed by atoms with Gasteiger partial charge in [0.2, 0.25) is 5.91 Å². The molecule has 1 aromatic heterocycles. The van der Waals surface area contributed by atoms with Crippen molar-refractivity contribution in [1.29, 1.82) is 0 Å². The lowest BCUT2D eigenvalue weighted by Gasteiger charge is -2.15. The molecular weight excluding hydrogens is 406 g/mol. The Hall–Kier alpha value is -2.31. The molecule has 0 bridgehead atoms. The van der Waals surface area contributed by atoms with E-state index in [0.717, 1.165) is 54.7 Å². The maximum Gasteiger partial charge on any atom is 0.225 e. The largest absolute Gasteiger partial charge is 0.493 e. The fourth-order valence-corrected chi connectivity index (χ4v) is 4.26. The molecule has 1 atom stereocenters. The third-order valence-corrected chi connectivity index (χ3v) is 6.57. The number of carbonyl (C=O) groups excluding carboxylic acids is 1. The lowest BCUT2D eigenvalue weighted by atomic mass is 10.0. The quantitative estimate of drug-likeness (QED) is 0.286. The molecule has 2 aromatic rings. The molecule has 2 N–H and O–H groups in total. The van der Waals surface area contributed by atoms with E-state index in [2.05, 4.69) is 58.4 Å². The summed E-state index contributed by atoms with van der Waals surface area (Å²) in [6.45, 7) is 3.04. The maximum absolute atomic E-state index is 11.4. The topological polar surface area (TPSA) is 63.2 Å². The number of nitrogens with zero attached hydrogens (tertiary/aromatic N) is 1. The van der Waals surface area contributed by atoms with Gasteiger partial charge in [-0.25, -0.2) is 4.98 Å². The normalized spacial score (nSPS) is 16.7. The molecule has 2 heterocycles. The Morgan fingerprint density at radius 3 is 3.06 bits per heavy atom. The molecule has 31 heavy (non-hydrogen) atoms. The smallest absolute Gasteiger partial charge is 0.225 e. The summed E-state index contributed by atoms with van der Waals surface area (Å²) < 4.78 is 9.43. The molecule has 0 radical (unpaired) electrons. The van der Waals surface area contributed by atoms with Crippen molar-refractivity contribution in [3.05, 3.63) is 65.4 Å². The molecule has 1 amide bonds. The first-order valence-corrected chi connectivity index (χ1v) is 12.2. The zero-order chi connectivity index (χ0) is 21.5. The van der Waals surface area contributed by atoms with Gasteiger partial charge in [-0.3, -0.25) is 9.52 Å². The van der Waals surface area contributed by atoms with Crippen molar-refractivity contribution in [2.24, 2.45) is 5.92 Å². The van der Waals surface area contributed by atoms with Gasteiger partial charge in [-0.15, -0.1) is 0 Å². The van der Waals surface area contributed by atoms with Crippen LogP contribution in [0.25, 0.3) is 0 Å². The molecule has 5 nitrogen and oxygen atoms in total. The second-order valence-electron chi connectivity index (χ2n) is 8.38. The summed E-state index contributed by atoms with van der Waals surface area (Å²) in [5, 5.41) is 2.83. The Morgan fingerprint density at radius 2 is 2.19 bits per heavy atom. The van der Waals surface area contributed by atoms with Gasteiger partial charge in [-0.1, -0.05) is 42.3 Å². The zero-order valence-electron chi connectivity index (χ0n) is 18.1. The molecule has 164 valence electrons. The highest BCUT2D eigenvalue weighted by Gasteiger charge is 2.22. The van der Waals surface area contributed by atoms with Gasteiger partial charge in [-0.2, -0.15) is 0 Å². The van der Waals surface area contributed by atoms with Crippen LogP contribution in [-0.4, -0.2) is 23.3 Å². The fraction of sp³-hybridized carbons (Fsp3) is 0.440.